The first kappa shape index (κ1) is 16.8. The van der Waals surface area contributed by atoms with Crippen molar-refractivity contribution in [1.82, 2.24) is 10.2 Å². The van der Waals surface area contributed by atoms with Crippen molar-refractivity contribution in [1.29, 1.82) is 0 Å². The average molecular weight is 287 g/mol. The van der Waals surface area contributed by atoms with Crippen LogP contribution < -0.4 is 11.1 Å². The summed E-state index contributed by atoms with van der Waals surface area (Å²) >= 11 is 2.01. The van der Waals surface area contributed by atoms with Gasteiger partial charge in [0.2, 0.25) is 5.91 Å². The zero-order valence-electron chi connectivity index (χ0n) is 12.4. The molecule has 5 heteroatoms. The summed E-state index contributed by atoms with van der Waals surface area (Å²) in [7, 11) is 0. The van der Waals surface area contributed by atoms with E-state index in [0.29, 0.717) is 24.8 Å². The van der Waals surface area contributed by atoms with E-state index in [4.69, 9.17) is 5.73 Å². The van der Waals surface area contributed by atoms with Gasteiger partial charge in [-0.15, -0.1) is 0 Å². The van der Waals surface area contributed by atoms with Gasteiger partial charge in [0.05, 0.1) is 0 Å². The lowest BCUT2D eigenvalue weighted by molar-refractivity contribution is -0.122. The molecule has 1 saturated heterocycles. The van der Waals surface area contributed by atoms with Crippen LogP contribution in [-0.4, -0.2) is 55.0 Å². The van der Waals surface area contributed by atoms with E-state index in [-0.39, 0.29) is 5.91 Å². The zero-order valence-corrected chi connectivity index (χ0v) is 13.2. The highest BCUT2D eigenvalue weighted by Gasteiger charge is 2.14. The lowest BCUT2D eigenvalue weighted by Crippen LogP contribution is -2.39. The number of amides is 1. The standard InChI is InChI=1S/C14H29N3OS/c1-12(2)9-13(11-15)10-14(18)16-3-4-17-5-7-19-8-6-17/h12-13H,3-11,15H2,1-2H3,(H,16,18)/t13-/m0/s1. The van der Waals surface area contributed by atoms with Gasteiger partial charge in [-0.25, -0.2) is 0 Å². The number of carbonyl (C=O) groups is 1. The minimum atomic E-state index is 0.155. The predicted molar refractivity (Wildman–Crippen MR) is 83.4 cm³/mol. The molecule has 1 aliphatic rings. The number of hydrogen-bond acceptors (Lipinski definition) is 4. The quantitative estimate of drug-likeness (QED) is 0.703. The highest BCUT2D eigenvalue weighted by molar-refractivity contribution is 7.99. The van der Waals surface area contributed by atoms with Crippen molar-refractivity contribution in [3.63, 3.8) is 0 Å². The van der Waals surface area contributed by atoms with Crippen LogP contribution in [0, 0.1) is 11.8 Å². The molecule has 0 saturated carbocycles. The van der Waals surface area contributed by atoms with Gasteiger partial charge in [-0.1, -0.05) is 13.8 Å². The maximum Gasteiger partial charge on any atom is 0.220 e. The normalized spacial score (nSPS) is 18.5. The molecule has 0 bridgehead atoms. The molecule has 0 radical (unpaired) electrons. The maximum absolute atomic E-state index is 11.8. The second kappa shape index (κ2) is 9.61. The first-order chi connectivity index (χ1) is 9.11. The molecule has 1 heterocycles. The van der Waals surface area contributed by atoms with Crippen LogP contribution in [0.15, 0.2) is 0 Å². The Labute approximate surface area is 121 Å². The lowest BCUT2D eigenvalue weighted by atomic mass is 9.94. The highest BCUT2D eigenvalue weighted by atomic mass is 32.2. The summed E-state index contributed by atoms with van der Waals surface area (Å²) in [5, 5.41) is 3.03. The van der Waals surface area contributed by atoms with Crippen molar-refractivity contribution >= 4 is 17.7 Å². The summed E-state index contributed by atoms with van der Waals surface area (Å²) in [5.41, 5.74) is 5.72. The molecule has 1 aliphatic heterocycles. The second-order valence-electron chi connectivity index (χ2n) is 5.74. The number of nitrogens with two attached hydrogens (primary N) is 1. The van der Waals surface area contributed by atoms with Crippen molar-refractivity contribution in [2.75, 3.05) is 44.2 Å². The van der Waals surface area contributed by atoms with Crippen LogP contribution in [0.4, 0.5) is 0 Å². The van der Waals surface area contributed by atoms with Crippen LogP contribution in [0.2, 0.25) is 0 Å². The minimum Gasteiger partial charge on any atom is -0.355 e. The minimum absolute atomic E-state index is 0.155. The smallest absolute Gasteiger partial charge is 0.220 e. The fourth-order valence-corrected chi connectivity index (χ4v) is 3.42. The van der Waals surface area contributed by atoms with Gasteiger partial charge < -0.3 is 11.1 Å². The largest absolute Gasteiger partial charge is 0.355 e. The molecule has 1 amide bonds. The van der Waals surface area contributed by atoms with Crippen LogP contribution in [0.25, 0.3) is 0 Å². The zero-order chi connectivity index (χ0) is 14.1. The Morgan fingerprint density at radius 1 is 1.37 bits per heavy atom. The molecule has 3 N–H and O–H groups in total. The molecule has 4 nitrogen and oxygen atoms in total. The van der Waals surface area contributed by atoms with Gasteiger partial charge in [-0.05, 0) is 24.8 Å². The molecule has 0 aromatic rings. The van der Waals surface area contributed by atoms with Gasteiger partial charge in [-0.2, -0.15) is 11.8 Å². The monoisotopic (exact) mass is 287 g/mol. The summed E-state index contributed by atoms with van der Waals surface area (Å²) in [6, 6.07) is 0. The van der Waals surface area contributed by atoms with Crippen LogP contribution >= 0.6 is 11.8 Å². The Morgan fingerprint density at radius 3 is 2.63 bits per heavy atom. The van der Waals surface area contributed by atoms with Gasteiger partial charge >= 0.3 is 0 Å². The summed E-state index contributed by atoms with van der Waals surface area (Å²) in [6.07, 6.45) is 1.61. The molecule has 19 heavy (non-hydrogen) atoms. The van der Waals surface area contributed by atoms with E-state index >= 15 is 0 Å². The molecule has 112 valence electrons. The highest BCUT2D eigenvalue weighted by Crippen LogP contribution is 2.14. The number of rotatable bonds is 8. The van der Waals surface area contributed by atoms with Crippen molar-refractivity contribution in [3.8, 4) is 0 Å². The number of thioether (sulfide) groups is 1. The van der Waals surface area contributed by atoms with Crippen molar-refractivity contribution < 1.29 is 4.79 Å². The molecular formula is C14H29N3OS. The third-order valence-electron chi connectivity index (χ3n) is 3.47. The molecule has 1 rings (SSSR count). The second-order valence-corrected chi connectivity index (χ2v) is 6.96. The van der Waals surface area contributed by atoms with E-state index in [9.17, 15) is 4.79 Å². The third kappa shape index (κ3) is 7.80. The van der Waals surface area contributed by atoms with Crippen LogP contribution in [0.5, 0.6) is 0 Å². The van der Waals surface area contributed by atoms with E-state index in [2.05, 4.69) is 24.1 Å². The van der Waals surface area contributed by atoms with E-state index in [1.165, 1.54) is 11.5 Å². The number of hydrogen-bond donors (Lipinski definition) is 2. The van der Waals surface area contributed by atoms with Crippen LogP contribution in [-0.2, 0) is 4.79 Å². The summed E-state index contributed by atoms with van der Waals surface area (Å²) in [5.74, 6) is 3.52. The average Bonchev–Trinajstić information content (AvgIpc) is 2.38. The Morgan fingerprint density at radius 2 is 2.05 bits per heavy atom. The third-order valence-corrected chi connectivity index (χ3v) is 4.41. The van der Waals surface area contributed by atoms with Gasteiger partial charge in [-0.3, -0.25) is 9.69 Å². The Kier molecular flexibility index (Phi) is 8.50. The van der Waals surface area contributed by atoms with E-state index in [1.54, 1.807) is 0 Å². The summed E-state index contributed by atoms with van der Waals surface area (Å²) in [4.78, 5) is 14.3. The predicted octanol–water partition coefficient (Wildman–Crippen LogP) is 1.16. The van der Waals surface area contributed by atoms with Crippen molar-refractivity contribution in [2.24, 2.45) is 17.6 Å². The Hall–Kier alpha value is -0.260. The van der Waals surface area contributed by atoms with E-state index in [0.717, 1.165) is 32.6 Å². The van der Waals surface area contributed by atoms with Crippen LogP contribution in [0.3, 0.4) is 0 Å². The van der Waals surface area contributed by atoms with Crippen molar-refractivity contribution in [3.05, 3.63) is 0 Å². The van der Waals surface area contributed by atoms with Gasteiger partial charge in [0.15, 0.2) is 0 Å². The number of carbonyl (C=O) groups excluding carboxylic acids is 1. The first-order valence-corrected chi connectivity index (χ1v) is 8.54. The Bertz CT molecular complexity index is 255. The van der Waals surface area contributed by atoms with E-state index in [1.807, 2.05) is 11.8 Å². The van der Waals surface area contributed by atoms with E-state index < -0.39 is 0 Å². The molecule has 1 fully saturated rings. The molecule has 1 atom stereocenters. The molecular weight excluding hydrogens is 258 g/mol. The fraction of sp³-hybridized carbons (Fsp3) is 0.929. The molecule has 0 spiro atoms. The molecule has 0 aliphatic carbocycles. The molecule has 0 unspecified atom stereocenters. The number of nitrogens with one attached hydrogen (secondary N) is 1. The SMILES string of the molecule is CC(C)C[C@H](CN)CC(=O)NCCN1CCSCC1. The topological polar surface area (TPSA) is 58.4 Å². The first-order valence-electron chi connectivity index (χ1n) is 7.38. The lowest BCUT2D eigenvalue weighted by Gasteiger charge is -2.26. The van der Waals surface area contributed by atoms with Gasteiger partial charge in [0.25, 0.3) is 0 Å². The molecule has 0 aromatic heterocycles. The fourth-order valence-electron chi connectivity index (χ4n) is 2.44. The van der Waals surface area contributed by atoms with Gasteiger partial charge in [0, 0.05) is 44.1 Å². The summed E-state index contributed by atoms with van der Waals surface area (Å²) < 4.78 is 0. The molecule has 0 aromatic carbocycles. The maximum atomic E-state index is 11.8. The summed E-state index contributed by atoms with van der Waals surface area (Å²) in [6.45, 7) is 9.00. The van der Waals surface area contributed by atoms with Crippen molar-refractivity contribution in [2.45, 2.75) is 26.7 Å². The Balaban J connectivity index is 2.12. The van der Waals surface area contributed by atoms with Crippen LogP contribution in [0.1, 0.15) is 26.7 Å². The number of nitrogens with zero attached hydrogens (tertiary/aromatic N) is 1. The van der Waals surface area contributed by atoms with Gasteiger partial charge in [0.1, 0.15) is 0 Å².